The summed E-state index contributed by atoms with van der Waals surface area (Å²) in [4.78, 5) is 61.3. The lowest BCUT2D eigenvalue weighted by molar-refractivity contribution is -0.185. The van der Waals surface area contributed by atoms with E-state index in [-0.39, 0.29) is 27.1 Å². The van der Waals surface area contributed by atoms with Crippen molar-refractivity contribution in [2.75, 3.05) is 16.8 Å². The minimum Gasteiger partial charge on any atom is -0.492 e. The van der Waals surface area contributed by atoms with Crippen LogP contribution in [0.5, 0.6) is 5.88 Å². The number of anilines is 1. The first kappa shape index (κ1) is 39.8. The van der Waals surface area contributed by atoms with Crippen LogP contribution >= 0.6 is 46.4 Å². The molecule has 294 valence electrons. The number of amides is 2. The SMILES string of the molecule is O=C(O)C1=C(CSc2snc(O)c2C(=O)O)CS[C@H]2C(NC(=O)C(NOC(F)F)c3csc(NC(c4ccccc4)(c4ccccc4)c4ccccc4)n3)C(=O)N12. The van der Waals surface area contributed by atoms with Crippen molar-refractivity contribution in [1.29, 1.82) is 0 Å². The molecule has 57 heavy (non-hydrogen) atoms. The molecule has 2 amide bonds. The topological polar surface area (TPSA) is 203 Å². The molecule has 1 fully saturated rings. The number of rotatable bonds is 16. The van der Waals surface area contributed by atoms with Crippen molar-refractivity contribution in [2.45, 2.75) is 33.8 Å². The number of fused-ring (bicyclic) bond motifs is 1. The van der Waals surface area contributed by atoms with E-state index in [1.165, 1.54) is 5.38 Å². The molecule has 2 unspecified atom stereocenters. The number of thiazole rings is 1. The fourth-order valence-electron chi connectivity index (χ4n) is 6.52. The summed E-state index contributed by atoms with van der Waals surface area (Å²) in [5, 5.41) is 36.4. The summed E-state index contributed by atoms with van der Waals surface area (Å²) in [6.45, 7) is -3.31. The van der Waals surface area contributed by atoms with Crippen LogP contribution in [-0.2, 0) is 24.8 Å². The van der Waals surface area contributed by atoms with Crippen LogP contribution in [0, 0.1) is 0 Å². The molecule has 20 heteroatoms. The van der Waals surface area contributed by atoms with Gasteiger partial charge in [0.15, 0.2) is 11.2 Å². The van der Waals surface area contributed by atoms with Crippen molar-refractivity contribution >= 4 is 75.3 Å². The second-order valence-corrected chi connectivity index (χ2v) is 16.4. The van der Waals surface area contributed by atoms with Crippen LogP contribution in [0.2, 0.25) is 0 Å². The Morgan fingerprint density at radius 2 is 1.54 bits per heavy atom. The Labute approximate surface area is 339 Å². The lowest BCUT2D eigenvalue weighted by atomic mass is 9.77. The van der Waals surface area contributed by atoms with Gasteiger partial charge in [0, 0.05) is 16.9 Å². The van der Waals surface area contributed by atoms with Gasteiger partial charge >= 0.3 is 18.6 Å². The van der Waals surface area contributed by atoms with Gasteiger partial charge in [0.25, 0.3) is 5.91 Å². The van der Waals surface area contributed by atoms with Crippen molar-refractivity contribution in [3.63, 3.8) is 0 Å². The summed E-state index contributed by atoms with van der Waals surface area (Å²) in [6, 6.07) is 26.1. The summed E-state index contributed by atoms with van der Waals surface area (Å²) in [6.07, 6.45) is 0. The molecule has 2 aliphatic rings. The van der Waals surface area contributed by atoms with Crippen LogP contribution in [0.25, 0.3) is 0 Å². The molecule has 0 saturated carbocycles. The van der Waals surface area contributed by atoms with E-state index in [2.05, 4.69) is 30.3 Å². The highest BCUT2D eigenvalue weighted by molar-refractivity contribution is 8.02. The van der Waals surface area contributed by atoms with Crippen molar-refractivity contribution in [2.24, 2.45) is 0 Å². The highest BCUT2D eigenvalue weighted by Gasteiger charge is 2.54. The summed E-state index contributed by atoms with van der Waals surface area (Å²) in [7, 11) is 0. The smallest absolute Gasteiger partial charge is 0.360 e. The molecule has 5 aromatic rings. The second-order valence-electron chi connectivity index (χ2n) is 12.4. The maximum absolute atomic E-state index is 13.8. The van der Waals surface area contributed by atoms with Gasteiger partial charge in [-0.1, -0.05) is 91.0 Å². The number of aliphatic carboxylic acids is 1. The average Bonchev–Trinajstić information content (AvgIpc) is 3.84. The summed E-state index contributed by atoms with van der Waals surface area (Å²) >= 11 is 3.97. The number of β-lactam (4-membered cyclic amide) rings is 1. The van der Waals surface area contributed by atoms with E-state index in [4.69, 9.17) is 0 Å². The van der Waals surface area contributed by atoms with E-state index in [0.717, 1.165) is 68.0 Å². The van der Waals surface area contributed by atoms with Crippen molar-refractivity contribution in [3.8, 4) is 5.88 Å². The molecular formula is C37H30F2N6O8S4. The predicted molar refractivity (Wildman–Crippen MR) is 209 cm³/mol. The van der Waals surface area contributed by atoms with Crippen LogP contribution in [0.4, 0.5) is 13.9 Å². The Kier molecular flexibility index (Phi) is 11.9. The number of carboxylic acid groups (broad SMARTS) is 2. The van der Waals surface area contributed by atoms with Crippen LogP contribution in [0.3, 0.4) is 0 Å². The number of aromatic hydroxyl groups is 1. The monoisotopic (exact) mass is 852 g/mol. The lowest BCUT2D eigenvalue weighted by Crippen LogP contribution is -2.71. The molecular weight excluding hydrogens is 823 g/mol. The minimum absolute atomic E-state index is 0.00364. The number of nitrogens with zero attached hydrogens (tertiary/aromatic N) is 3. The Balaban J connectivity index is 1.13. The quantitative estimate of drug-likeness (QED) is 0.0304. The van der Waals surface area contributed by atoms with Gasteiger partial charge in [-0.05, 0) is 33.8 Å². The molecule has 0 bridgehead atoms. The Bertz CT molecular complexity index is 2220. The minimum atomic E-state index is -3.31. The zero-order chi connectivity index (χ0) is 40.3. The first-order valence-corrected chi connectivity index (χ1v) is 20.5. The van der Waals surface area contributed by atoms with E-state index >= 15 is 0 Å². The third-order valence-corrected chi connectivity index (χ3v) is 13.3. The van der Waals surface area contributed by atoms with E-state index in [1.807, 2.05) is 91.0 Å². The number of aromatic nitrogens is 2. The van der Waals surface area contributed by atoms with Gasteiger partial charge in [-0.25, -0.2) is 19.4 Å². The third-order valence-electron chi connectivity index (χ3n) is 9.05. The van der Waals surface area contributed by atoms with Crippen molar-refractivity contribution < 1.29 is 48.1 Å². The van der Waals surface area contributed by atoms with Gasteiger partial charge in [0.1, 0.15) is 28.2 Å². The van der Waals surface area contributed by atoms with E-state index < -0.39 is 64.8 Å². The molecule has 2 aromatic heterocycles. The number of aromatic carboxylic acids is 1. The summed E-state index contributed by atoms with van der Waals surface area (Å²) in [5.41, 5.74) is 3.28. The highest BCUT2D eigenvalue weighted by Crippen LogP contribution is 2.44. The number of benzene rings is 3. The van der Waals surface area contributed by atoms with Gasteiger partial charge < -0.3 is 26.0 Å². The van der Waals surface area contributed by atoms with Crippen LogP contribution in [0.15, 0.2) is 112 Å². The average molecular weight is 853 g/mol. The Morgan fingerprint density at radius 1 is 0.947 bits per heavy atom. The van der Waals surface area contributed by atoms with E-state index in [1.54, 1.807) is 0 Å². The van der Waals surface area contributed by atoms with Crippen LogP contribution < -0.4 is 16.1 Å². The molecule has 3 atom stereocenters. The molecule has 7 rings (SSSR count). The number of carbonyl (C=O) groups excluding carboxylic acids is 2. The van der Waals surface area contributed by atoms with Crippen LogP contribution in [-0.4, -0.2) is 82.9 Å². The zero-order valence-electron chi connectivity index (χ0n) is 29.1. The number of nitrogens with one attached hydrogen (secondary N) is 3. The van der Waals surface area contributed by atoms with Gasteiger partial charge in [-0.15, -0.1) is 34.9 Å². The number of halogens is 2. The first-order valence-electron chi connectivity index (χ1n) is 16.8. The van der Waals surface area contributed by atoms with Gasteiger partial charge in [0.05, 0.1) is 9.90 Å². The Hall–Kier alpha value is -5.38. The standard InChI is InChI=1S/C37H30F2N6O8S4/c38-35(39)53-43-25(23-18-56-36(40-23)42-37(20-10-4-1-5-11-20,21-12-6-2-7-13-21)22-14-8-3-9-15-22)29(47)41-26-30(48)45-27(33(51)52)19(16-54-31(26)45)17-55-34-24(32(49)50)28(46)44-57-34/h1-15,18,25-26,31,35,43H,16-17H2,(H,40,42)(H,41,47)(H,44,46)(H,49,50)(H,51,52)/t25?,26?,31-/m0/s1. The maximum Gasteiger partial charge on any atom is 0.360 e. The number of hydrogen-bond donors (Lipinski definition) is 6. The van der Waals surface area contributed by atoms with Crippen molar-refractivity contribution in [3.05, 3.63) is 136 Å². The molecule has 0 radical (unpaired) electrons. The van der Waals surface area contributed by atoms with Gasteiger partial charge in [0.2, 0.25) is 11.8 Å². The predicted octanol–water partition coefficient (Wildman–Crippen LogP) is 5.72. The maximum atomic E-state index is 13.8. The lowest BCUT2D eigenvalue weighted by Gasteiger charge is -2.49. The first-order chi connectivity index (χ1) is 27.5. The second kappa shape index (κ2) is 17.0. The summed E-state index contributed by atoms with van der Waals surface area (Å²) < 4.78 is 30.5. The number of carboxylic acids is 2. The molecule has 2 aliphatic heterocycles. The number of carbonyl (C=O) groups is 4. The fraction of sp³-hybridized carbons (Fsp3) is 0.189. The van der Waals surface area contributed by atoms with Gasteiger partial charge in [-0.2, -0.15) is 18.6 Å². The molecule has 0 spiro atoms. The number of alkyl halides is 2. The third kappa shape index (κ3) is 7.96. The normalized spacial score (nSPS) is 17.2. The van der Waals surface area contributed by atoms with Crippen molar-refractivity contribution in [1.82, 2.24) is 25.1 Å². The largest absolute Gasteiger partial charge is 0.492 e. The van der Waals surface area contributed by atoms with E-state index in [9.17, 15) is 43.3 Å². The number of hydrogen-bond acceptors (Lipinski definition) is 14. The zero-order valence-corrected chi connectivity index (χ0v) is 32.3. The molecule has 0 aliphatic carbocycles. The molecule has 4 heterocycles. The fourth-order valence-corrected chi connectivity index (χ4v) is 10.7. The molecule has 1 saturated heterocycles. The number of hydroxylamine groups is 1. The highest BCUT2D eigenvalue weighted by atomic mass is 32.2. The van der Waals surface area contributed by atoms with E-state index in [0.29, 0.717) is 10.7 Å². The number of thioether (sulfide) groups is 2. The molecule has 6 N–H and O–H groups in total. The van der Waals surface area contributed by atoms with Gasteiger partial charge in [-0.3, -0.25) is 14.5 Å². The Morgan fingerprint density at radius 3 is 2.09 bits per heavy atom. The molecule has 14 nitrogen and oxygen atoms in total. The summed E-state index contributed by atoms with van der Waals surface area (Å²) in [5.74, 6) is -5.08. The molecule has 3 aromatic carbocycles. The van der Waals surface area contributed by atoms with Crippen LogP contribution in [0.1, 0.15) is 38.8 Å².